The quantitative estimate of drug-likeness (QED) is 0.888. The molecule has 0 saturated carbocycles. The Morgan fingerprint density at radius 3 is 2.38 bits per heavy atom. The molecule has 1 fully saturated rings. The number of imidazole rings is 1. The van der Waals surface area contributed by atoms with E-state index in [9.17, 15) is 14.4 Å². The van der Waals surface area contributed by atoms with Gasteiger partial charge in [0.25, 0.3) is 5.91 Å². The molecule has 2 aromatic rings. The Kier molecular flexibility index (Phi) is 5.40. The summed E-state index contributed by atoms with van der Waals surface area (Å²) < 4.78 is 6.42. The number of aromatic amines is 1. The summed E-state index contributed by atoms with van der Waals surface area (Å²) in [4.78, 5) is 42.5. The van der Waals surface area contributed by atoms with E-state index < -0.39 is 0 Å². The van der Waals surface area contributed by atoms with Gasteiger partial charge >= 0.3 is 11.8 Å². The van der Waals surface area contributed by atoms with Crippen molar-refractivity contribution >= 4 is 12.0 Å². The molecule has 1 aromatic heterocycles. The van der Waals surface area contributed by atoms with Crippen molar-refractivity contribution in [1.82, 2.24) is 19.4 Å². The lowest BCUT2D eigenvalue weighted by molar-refractivity contribution is 0.0562. The number of benzene rings is 1. The van der Waals surface area contributed by atoms with Crippen molar-refractivity contribution in [3.63, 3.8) is 0 Å². The predicted molar refractivity (Wildman–Crippen MR) is 95.1 cm³/mol. The molecular weight excluding hydrogens is 336 g/mol. The van der Waals surface area contributed by atoms with Crippen LogP contribution in [-0.2, 0) is 11.3 Å². The van der Waals surface area contributed by atoms with Crippen molar-refractivity contribution in [2.24, 2.45) is 0 Å². The second-order valence-corrected chi connectivity index (χ2v) is 6.03. The Labute approximate surface area is 151 Å². The highest BCUT2D eigenvalue weighted by molar-refractivity contribution is 5.92. The first-order valence-electron chi connectivity index (χ1n) is 8.63. The molecule has 1 aliphatic rings. The second-order valence-electron chi connectivity index (χ2n) is 6.03. The molecule has 1 saturated heterocycles. The van der Waals surface area contributed by atoms with Gasteiger partial charge in [-0.25, -0.2) is 9.59 Å². The molecule has 2 amide bonds. The SMILES string of the molecule is CCOC(=O)N1CCN(C(=O)c2c[nH]c(=O)n2Cc2ccccc2)CC1. The summed E-state index contributed by atoms with van der Waals surface area (Å²) in [5.41, 5.74) is 0.946. The van der Waals surface area contributed by atoms with Crippen LogP contribution in [0.2, 0.25) is 0 Å². The Balaban J connectivity index is 1.70. The summed E-state index contributed by atoms with van der Waals surface area (Å²) in [6.45, 7) is 4.05. The average molecular weight is 358 g/mol. The topological polar surface area (TPSA) is 87.6 Å². The van der Waals surface area contributed by atoms with Crippen molar-refractivity contribution in [1.29, 1.82) is 0 Å². The molecule has 2 heterocycles. The first-order valence-corrected chi connectivity index (χ1v) is 8.63. The first kappa shape index (κ1) is 17.8. The van der Waals surface area contributed by atoms with Gasteiger partial charge in [0.05, 0.1) is 13.2 Å². The number of nitrogens with zero attached hydrogens (tertiary/aromatic N) is 3. The van der Waals surface area contributed by atoms with E-state index in [0.717, 1.165) is 5.56 Å². The number of hydrogen-bond acceptors (Lipinski definition) is 4. The molecule has 8 nitrogen and oxygen atoms in total. The third-order valence-electron chi connectivity index (χ3n) is 4.36. The second kappa shape index (κ2) is 7.90. The molecule has 1 aliphatic heterocycles. The lowest BCUT2D eigenvalue weighted by atomic mass is 10.2. The molecule has 138 valence electrons. The standard InChI is InChI=1S/C18H22N4O4/c1-2-26-18(25)21-10-8-20(9-11-21)16(23)15-12-19-17(24)22(15)13-14-6-4-3-5-7-14/h3-7,12H,2,8-11,13H2,1H3,(H,19,24). The van der Waals surface area contributed by atoms with Crippen LogP contribution in [0.4, 0.5) is 4.79 Å². The number of hydrogen-bond donors (Lipinski definition) is 1. The van der Waals surface area contributed by atoms with Gasteiger partial charge in [-0.1, -0.05) is 30.3 Å². The Morgan fingerprint density at radius 1 is 1.08 bits per heavy atom. The summed E-state index contributed by atoms with van der Waals surface area (Å²) in [5.74, 6) is -0.220. The van der Waals surface area contributed by atoms with Crippen molar-refractivity contribution < 1.29 is 14.3 Å². The smallest absolute Gasteiger partial charge is 0.409 e. The molecule has 3 rings (SSSR count). The van der Waals surface area contributed by atoms with Gasteiger partial charge in [0.1, 0.15) is 5.69 Å². The number of ether oxygens (including phenoxy) is 1. The van der Waals surface area contributed by atoms with E-state index in [4.69, 9.17) is 4.74 Å². The minimum absolute atomic E-state index is 0.220. The van der Waals surface area contributed by atoms with E-state index in [1.807, 2.05) is 30.3 Å². The number of H-pyrrole nitrogens is 1. The highest BCUT2D eigenvalue weighted by atomic mass is 16.6. The molecule has 26 heavy (non-hydrogen) atoms. The Hall–Kier alpha value is -3.03. The number of carbonyl (C=O) groups excluding carboxylic acids is 2. The van der Waals surface area contributed by atoms with Gasteiger partial charge in [-0.3, -0.25) is 9.36 Å². The number of nitrogens with one attached hydrogen (secondary N) is 1. The minimum atomic E-state index is -0.359. The van der Waals surface area contributed by atoms with E-state index in [-0.39, 0.29) is 17.7 Å². The summed E-state index contributed by atoms with van der Waals surface area (Å²) in [6, 6.07) is 9.50. The van der Waals surface area contributed by atoms with Crippen molar-refractivity contribution in [3.8, 4) is 0 Å². The molecule has 0 spiro atoms. The maximum absolute atomic E-state index is 12.8. The van der Waals surface area contributed by atoms with Gasteiger partial charge in [-0.05, 0) is 12.5 Å². The molecule has 0 atom stereocenters. The molecule has 8 heteroatoms. The first-order chi connectivity index (χ1) is 12.6. The fourth-order valence-corrected chi connectivity index (χ4v) is 2.96. The molecule has 1 N–H and O–H groups in total. The van der Waals surface area contributed by atoms with Crippen molar-refractivity contribution in [2.75, 3.05) is 32.8 Å². The van der Waals surface area contributed by atoms with Gasteiger partial charge in [0.15, 0.2) is 0 Å². The third-order valence-corrected chi connectivity index (χ3v) is 4.36. The van der Waals surface area contributed by atoms with Crippen LogP contribution in [0.1, 0.15) is 23.0 Å². The minimum Gasteiger partial charge on any atom is -0.450 e. The molecular formula is C18H22N4O4. The lowest BCUT2D eigenvalue weighted by Crippen LogP contribution is -2.51. The molecule has 0 aliphatic carbocycles. The van der Waals surface area contributed by atoms with Crippen LogP contribution in [0.5, 0.6) is 0 Å². The van der Waals surface area contributed by atoms with Crippen LogP contribution < -0.4 is 5.69 Å². The van der Waals surface area contributed by atoms with Gasteiger partial charge in [0, 0.05) is 32.4 Å². The molecule has 0 radical (unpaired) electrons. The molecule has 0 bridgehead atoms. The highest BCUT2D eigenvalue weighted by Crippen LogP contribution is 2.10. The molecule has 0 unspecified atom stereocenters. The Bertz CT molecular complexity index is 819. The zero-order valence-electron chi connectivity index (χ0n) is 14.7. The number of rotatable bonds is 4. The average Bonchev–Trinajstić information content (AvgIpc) is 3.03. The normalized spacial score (nSPS) is 14.3. The van der Waals surface area contributed by atoms with E-state index in [1.165, 1.54) is 10.8 Å². The van der Waals surface area contributed by atoms with Crippen LogP contribution >= 0.6 is 0 Å². The van der Waals surface area contributed by atoms with Crippen molar-refractivity contribution in [2.45, 2.75) is 13.5 Å². The van der Waals surface area contributed by atoms with Crippen LogP contribution in [0.15, 0.2) is 41.3 Å². The third kappa shape index (κ3) is 3.79. The largest absolute Gasteiger partial charge is 0.450 e. The van der Waals surface area contributed by atoms with Gasteiger partial charge < -0.3 is 19.5 Å². The van der Waals surface area contributed by atoms with E-state index >= 15 is 0 Å². The summed E-state index contributed by atoms with van der Waals surface area (Å²) in [5, 5.41) is 0. The zero-order valence-corrected chi connectivity index (χ0v) is 14.7. The summed E-state index contributed by atoms with van der Waals surface area (Å²) in [6.07, 6.45) is 1.09. The molecule has 1 aromatic carbocycles. The predicted octanol–water partition coefficient (Wildman–Crippen LogP) is 1.14. The van der Waals surface area contributed by atoms with Crippen LogP contribution in [0, 0.1) is 0 Å². The maximum atomic E-state index is 12.8. The highest BCUT2D eigenvalue weighted by Gasteiger charge is 2.27. The van der Waals surface area contributed by atoms with Crippen LogP contribution in [0.3, 0.4) is 0 Å². The Morgan fingerprint density at radius 2 is 1.73 bits per heavy atom. The zero-order chi connectivity index (χ0) is 18.5. The lowest BCUT2D eigenvalue weighted by Gasteiger charge is -2.34. The monoisotopic (exact) mass is 358 g/mol. The van der Waals surface area contributed by atoms with E-state index in [0.29, 0.717) is 45.0 Å². The number of piperazine rings is 1. The van der Waals surface area contributed by atoms with Gasteiger partial charge in [-0.15, -0.1) is 0 Å². The fourth-order valence-electron chi connectivity index (χ4n) is 2.96. The van der Waals surface area contributed by atoms with E-state index in [1.54, 1.807) is 16.7 Å². The maximum Gasteiger partial charge on any atom is 0.409 e. The number of amides is 2. The van der Waals surface area contributed by atoms with Crippen molar-refractivity contribution in [3.05, 3.63) is 58.3 Å². The summed E-state index contributed by atoms with van der Waals surface area (Å²) in [7, 11) is 0. The van der Waals surface area contributed by atoms with E-state index in [2.05, 4.69) is 4.98 Å². The number of carbonyl (C=O) groups is 2. The van der Waals surface area contributed by atoms with Gasteiger partial charge in [0.2, 0.25) is 0 Å². The number of aromatic nitrogens is 2. The van der Waals surface area contributed by atoms with Gasteiger partial charge in [-0.2, -0.15) is 0 Å². The fraction of sp³-hybridized carbons (Fsp3) is 0.389. The summed E-state index contributed by atoms with van der Waals surface area (Å²) >= 11 is 0. The van der Waals surface area contributed by atoms with Crippen LogP contribution in [0.25, 0.3) is 0 Å². The van der Waals surface area contributed by atoms with Crippen LogP contribution in [-0.4, -0.2) is 64.1 Å².